The number of halogens is 1. The van der Waals surface area contributed by atoms with Crippen LogP contribution in [-0.2, 0) is 22.5 Å². The minimum Gasteiger partial charge on any atom is -0.496 e. The van der Waals surface area contributed by atoms with Crippen LogP contribution in [-0.4, -0.2) is 50.0 Å². The lowest BCUT2D eigenvalue weighted by molar-refractivity contribution is -0.0352. The van der Waals surface area contributed by atoms with E-state index in [9.17, 15) is 0 Å². The maximum atomic E-state index is 6.46. The Bertz CT molecular complexity index is 816. The molecule has 0 N–H and O–H groups in total. The van der Waals surface area contributed by atoms with Crippen LogP contribution in [0.1, 0.15) is 48.8 Å². The number of hydrogen-bond acceptors (Lipinski definition) is 4. The van der Waals surface area contributed by atoms with Gasteiger partial charge in [-0.25, -0.2) is 0 Å². The molecule has 176 valence electrons. The molecule has 4 nitrogen and oxygen atoms in total. The van der Waals surface area contributed by atoms with Crippen LogP contribution in [0.15, 0.2) is 48.5 Å². The fourth-order valence-electron chi connectivity index (χ4n) is 5.02. The van der Waals surface area contributed by atoms with Gasteiger partial charge in [0.15, 0.2) is 0 Å². The van der Waals surface area contributed by atoms with Crippen molar-refractivity contribution in [2.45, 2.75) is 70.3 Å². The summed E-state index contributed by atoms with van der Waals surface area (Å²) in [6.07, 6.45) is 7.74. The molecular formula is C27H38ClNO3. The highest BCUT2D eigenvalue weighted by Crippen LogP contribution is 2.29. The summed E-state index contributed by atoms with van der Waals surface area (Å²) in [6.45, 7) is 5.73. The fourth-order valence-corrected chi connectivity index (χ4v) is 5.02. The maximum Gasteiger partial charge on any atom is 0.122 e. The molecule has 1 saturated carbocycles. The van der Waals surface area contributed by atoms with Crippen molar-refractivity contribution in [3.05, 3.63) is 65.2 Å². The van der Waals surface area contributed by atoms with E-state index in [2.05, 4.69) is 60.4 Å². The molecule has 32 heavy (non-hydrogen) atoms. The minimum atomic E-state index is 0. The average molecular weight is 460 g/mol. The van der Waals surface area contributed by atoms with Crippen molar-refractivity contribution in [2.75, 3.05) is 26.8 Å². The van der Waals surface area contributed by atoms with E-state index in [1.165, 1.54) is 42.4 Å². The monoisotopic (exact) mass is 459 g/mol. The van der Waals surface area contributed by atoms with Gasteiger partial charge in [0.25, 0.3) is 0 Å². The second-order valence-corrected chi connectivity index (χ2v) is 9.02. The lowest BCUT2D eigenvalue weighted by Gasteiger charge is -2.38. The smallest absolute Gasteiger partial charge is 0.122 e. The first-order chi connectivity index (χ1) is 15.2. The topological polar surface area (TPSA) is 30.9 Å². The largest absolute Gasteiger partial charge is 0.496 e. The summed E-state index contributed by atoms with van der Waals surface area (Å²) in [4.78, 5) is 2.63. The van der Waals surface area contributed by atoms with Gasteiger partial charge in [0.2, 0.25) is 0 Å². The number of rotatable bonds is 9. The van der Waals surface area contributed by atoms with Gasteiger partial charge in [0.05, 0.1) is 32.5 Å². The third-order valence-electron chi connectivity index (χ3n) is 6.84. The zero-order valence-corrected chi connectivity index (χ0v) is 20.3. The van der Waals surface area contributed by atoms with Gasteiger partial charge in [-0.05, 0) is 55.4 Å². The van der Waals surface area contributed by atoms with E-state index >= 15 is 0 Å². The van der Waals surface area contributed by atoms with Gasteiger partial charge in [-0.1, -0.05) is 55.3 Å². The van der Waals surface area contributed by atoms with E-state index in [-0.39, 0.29) is 12.4 Å². The number of benzene rings is 2. The van der Waals surface area contributed by atoms with Crippen molar-refractivity contribution in [1.29, 1.82) is 0 Å². The highest BCUT2D eigenvalue weighted by Gasteiger charge is 2.35. The summed E-state index contributed by atoms with van der Waals surface area (Å²) in [5.74, 6) is 0.964. The molecule has 2 aliphatic rings. The zero-order valence-electron chi connectivity index (χ0n) is 19.5. The summed E-state index contributed by atoms with van der Waals surface area (Å²) in [6, 6.07) is 17.5. The van der Waals surface area contributed by atoms with Crippen LogP contribution in [0.4, 0.5) is 0 Å². The van der Waals surface area contributed by atoms with Gasteiger partial charge in [-0.15, -0.1) is 12.4 Å². The predicted octanol–water partition coefficient (Wildman–Crippen LogP) is 5.59. The van der Waals surface area contributed by atoms with Crippen LogP contribution in [0, 0.1) is 6.92 Å². The van der Waals surface area contributed by atoms with E-state index in [0.717, 1.165) is 38.3 Å². The lowest BCUT2D eigenvalue weighted by atomic mass is 9.91. The Morgan fingerprint density at radius 3 is 2.56 bits per heavy atom. The van der Waals surface area contributed by atoms with Crippen molar-refractivity contribution < 1.29 is 14.2 Å². The average Bonchev–Trinajstić information content (AvgIpc) is 3.29. The molecule has 1 aliphatic carbocycles. The highest BCUT2D eigenvalue weighted by atomic mass is 35.5. The number of hydrogen-bond donors (Lipinski definition) is 0. The van der Waals surface area contributed by atoms with Crippen LogP contribution >= 0.6 is 12.4 Å². The first-order valence-corrected chi connectivity index (χ1v) is 11.9. The fraction of sp³-hybridized carbons (Fsp3) is 0.556. The molecule has 0 amide bonds. The number of methoxy groups -OCH3 is 1. The van der Waals surface area contributed by atoms with Crippen LogP contribution in [0.3, 0.4) is 0 Å². The van der Waals surface area contributed by atoms with Gasteiger partial charge >= 0.3 is 0 Å². The van der Waals surface area contributed by atoms with Crippen LogP contribution in [0.5, 0.6) is 5.75 Å². The van der Waals surface area contributed by atoms with Crippen molar-refractivity contribution in [3.63, 3.8) is 0 Å². The molecule has 5 heteroatoms. The summed E-state index contributed by atoms with van der Waals surface area (Å²) in [7, 11) is 1.74. The number of likely N-dealkylation sites (tertiary alicyclic amines) is 1. The Labute approximate surface area is 199 Å². The number of aryl methyl sites for hydroxylation is 1. The number of nitrogens with zero attached hydrogens (tertiary/aromatic N) is 1. The Hall–Kier alpha value is -1.59. The quantitative estimate of drug-likeness (QED) is 0.489. The summed E-state index contributed by atoms with van der Waals surface area (Å²) >= 11 is 0. The van der Waals surface area contributed by atoms with Gasteiger partial charge < -0.3 is 14.2 Å². The first kappa shape index (κ1) is 25.0. The normalized spacial score (nSPS) is 23.6. The van der Waals surface area contributed by atoms with Crippen molar-refractivity contribution >= 4 is 12.4 Å². The lowest BCUT2D eigenvalue weighted by Crippen LogP contribution is -2.46. The predicted molar refractivity (Wildman–Crippen MR) is 132 cm³/mol. The van der Waals surface area contributed by atoms with Crippen molar-refractivity contribution in [1.82, 2.24) is 4.90 Å². The molecule has 2 fully saturated rings. The molecule has 0 bridgehead atoms. The first-order valence-electron chi connectivity index (χ1n) is 11.9. The van der Waals surface area contributed by atoms with E-state index in [1.807, 2.05) is 0 Å². The van der Waals surface area contributed by atoms with Crippen LogP contribution in [0.2, 0.25) is 0 Å². The van der Waals surface area contributed by atoms with Crippen molar-refractivity contribution in [2.24, 2.45) is 0 Å². The van der Waals surface area contributed by atoms with Gasteiger partial charge in [0.1, 0.15) is 5.75 Å². The van der Waals surface area contributed by atoms with Crippen LogP contribution < -0.4 is 4.74 Å². The molecule has 4 rings (SSSR count). The second kappa shape index (κ2) is 12.6. The van der Waals surface area contributed by atoms with E-state index in [4.69, 9.17) is 14.2 Å². The third-order valence-corrected chi connectivity index (χ3v) is 6.84. The summed E-state index contributed by atoms with van der Waals surface area (Å²) < 4.78 is 18.1. The van der Waals surface area contributed by atoms with E-state index in [1.54, 1.807) is 7.11 Å². The molecule has 2 unspecified atom stereocenters. The molecule has 0 spiro atoms. The Kier molecular flexibility index (Phi) is 9.86. The van der Waals surface area contributed by atoms with E-state index < -0.39 is 0 Å². The molecule has 1 saturated heterocycles. The van der Waals surface area contributed by atoms with Crippen molar-refractivity contribution in [3.8, 4) is 5.75 Å². The Morgan fingerprint density at radius 1 is 0.938 bits per heavy atom. The SMILES string of the molecule is COc1cc(CCOC2CCCCC2N2CC[C@@H](OCc3ccccc3)C2)ccc1C.Cl. The molecular weight excluding hydrogens is 422 g/mol. The highest BCUT2D eigenvalue weighted by molar-refractivity contribution is 5.85. The third kappa shape index (κ3) is 6.71. The molecule has 3 atom stereocenters. The van der Waals surface area contributed by atoms with Gasteiger partial charge in [-0.2, -0.15) is 0 Å². The maximum absolute atomic E-state index is 6.46. The Morgan fingerprint density at radius 2 is 1.75 bits per heavy atom. The summed E-state index contributed by atoms with van der Waals surface area (Å²) in [5.41, 5.74) is 3.72. The summed E-state index contributed by atoms with van der Waals surface area (Å²) in [5, 5.41) is 0. The second-order valence-electron chi connectivity index (χ2n) is 9.02. The molecule has 1 aliphatic heterocycles. The Balaban J connectivity index is 0.00000289. The minimum absolute atomic E-state index is 0. The molecule has 2 aromatic rings. The molecule has 2 aromatic carbocycles. The van der Waals surface area contributed by atoms with Gasteiger partial charge in [0, 0.05) is 19.1 Å². The standard InChI is InChI=1S/C27H37NO3.ClH/c1-21-12-13-22(18-27(21)29-2)15-17-30-26-11-7-6-10-25(26)28-16-14-24(19-28)31-20-23-8-4-3-5-9-23;/h3-5,8-9,12-13,18,24-26H,6-7,10-11,14-17,19-20H2,1-2H3;1H/t24-,25?,26?;/m1./s1. The van der Waals surface area contributed by atoms with Gasteiger partial charge in [-0.3, -0.25) is 4.90 Å². The van der Waals surface area contributed by atoms with E-state index in [0.29, 0.717) is 24.9 Å². The molecule has 1 heterocycles. The van der Waals surface area contributed by atoms with Crippen LogP contribution in [0.25, 0.3) is 0 Å². The molecule has 0 aromatic heterocycles. The number of ether oxygens (including phenoxy) is 3. The zero-order chi connectivity index (χ0) is 21.5. The molecule has 0 radical (unpaired) electrons.